The molecule has 0 saturated carbocycles. The Morgan fingerprint density at radius 2 is 2.13 bits per heavy atom. The molecule has 2 rings (SSSR count). The number of halogens is 1. The molecule has 0 saturated heterocycles. The van der Waals surface area contributed by atoms with Crippen molar-refractivity contribution in [3.05, 3.63) is 41.7 Å². The van der Waals surface area contributed by atoms with Gasteiger partial charge in [0.25, 0.3) is 0 Å². The van der Waals surface area contributed by atoms with Crippen molar-refractivity contribution in [1.29, 1.82) is 0 Å². The van der Waals surface area contributed by atoms with Crippen molar-refractivity contribution in [2.24, 2.45) is 5.16 Å². The van der Waals surface area contributed by atoms with Gasteiger partial charge >= 0.3 is 0 Å². The molecule has 0 atom stereocenters. The molecule has 0 N–H and O–H groups in total. The highest BCUT2D eigenvalue weighted by molar-refractivity contribution is 5.96. The monoisotopic (exact) mass is 316 g/mol. The normalized spacial score (nSPS) is 15.7. The number of hydrogen-bond acceptors (Lipinski definition) is 4. The molecule has 0 aliphatic heterocycles. The maximum absolute atomic E-state index is 11.8. The average molecular weight is 316 g/mol. The van der Waals surface area contributed by atoms with Gasteiger partial charge in [0.1, 0.15) is 19.0 Å². The molecule has 122 valence electrons. The van der Waals surface area contributed by atoms with Gasteiger partial charge in [-0.3, -0.25) is 0 Å². The summed E-state index contributed by atoms with van der Waals surface area (Å²) in [5.41, 5.74) is 2.73. The first-order valence-electron chi connectivity index (χ1n) is 7.84. The predicted molar refractivity (Wildman–Crippen MR) is 87.8 cm³/mol. The summed E-state index contributed by atoms with van der Waals surface area (Å²) in [4.78, 5) is 9.46. The van der Waals surface area contributed by atoms with Crippen LogP contribution in [0.4, 0.5) is 4.39 Å². The SMILES string of the molecule is [19F]CCOCCCO/N=C1/C=C(C#Cc2ccccn2)CCC1. The first-order valence-corrected chi connectivity index (χ1v) is 7.84. The number of hydrogen-bond donors (Lipinski definition) is 0. The van der Waals surface area contributed by atoms with Crippen LogP contribution in [-0.4, -0.2) is 37.2 Å². The van der Waals surface area contributed by atoms with Crippen molar-refractivity contribution in [3.63, 3.8) is 0 Å². The number of allylic oxidation sites excluding steroid dienone is 2. The number of alkyl halides is 1. The van der Waals surface area contributed by atoms with Gasteiger partial charge in [0.05, 0.1) is 18.9 Å². The highest BCUT2D eigenvalue weighted by Crippen LogP contribution is 2.15. The molecule has 0 unspecified atom stereocenters. The average Bonchev–Trinajstić information content (AvgIpc) is 2.60. The molecule has 0 amide bonds. The first-order chi connectivity index (χ1) is 11.4. The van der Waals surface area contributed by atoms with Gasteiger partial charge in [-0.15, -0.1) is 0 Å². The van der Waals surface area contributed by atoms with E-state index in [1.807, 2.05) is 24.3 Å². The third-order valence-electron chi connectivity index (χ3n) is 3.16. The molecule has 1 aromatic heterocycles. The van der Waals surface area contributed by atoms with Crippen LogP contribution in [0.25, 0.3) is 0 Å². The maximum Gasteiger partial charge on any atom is 0.119 e. The largest absolute Gasteiger partial charge is 0.396 e. The van der Waals surface area contributed by atoms with E-state index in [0.717, 1.165) is 36.2 Å². The molecule has 4 nitrogen and oxygen atoms in total. The number of ether oxygens (including phenoxy) is 1. The Bertz CT molecular complexity index is 588. The summed E-state index contributed by atoms with van der Waals surface area (Å²) in [5, 5.41) is 4.13. The maximum atomic E-state index is 11.8. The van der Waals surface area contributed by atoms with E-state index < -0.39 is 6.67 Å². The lowest BCUT2D eigenvalue weighted by Crippen LogP contribution is -2.05. The van der Waals surface area contributed by atoms with Crippen molar-refractivity contribution in [1.82, 2.24) is 4.98 Å². The lowest BCUT2D eigenvalue weighted by atomic mass is 9.98. The van der Waals surface area contributed by atoms with Crippen LogP contribution in [0.3, 0.4) is 0 Å². The van der Waals surface area contributed by atoms with Gasteiger partial charge in [0.2, 0.25) is 0 Å². The van der Waals surface area contributed by atoms with Crippen molar-refractivity contribution in [3.8, 4) is 11.8 Å². The molecule has 23 heavy (non-hydrogen) atoms. The van der Waals surface area contributed by atoms with Gasteiger partial charge in [-0.25, -0.2) is 9.37 Å². The van der Waals surface area contributed by atoms with Crippen molar-refractivity contribution < 1.29 is 14.0 Å². The Morgan fingerprint density at radius 3 is 2.96 bits per heavy atom. The molecule has 1 aromatic rings. The second-order valence-electron chi connectivity index (χ2n) is 5.06. The summed E-state index contributed by atoms with van der Waals surface area (Å²) in [6, 6.07) is 5.68. The fraction of sp³-hybridized carbons (Fsp3) is 0.444. The summed E-state index contributed by atoms with van der Waals surface area (Å²) in [7, 11) is 0. The van der Waals surface area contributed by atoms with Crippen LogP contribution in [0, 0.1) is 11.8 Å². The number of pyridine rings is 1. The van der Waals surface area contributed by atoms with Gasteiger partial charge in [0, 0.05) is 18.2 Å². The topological polar surface area (TPSA) is 43.7 Å². The quantitative estimate of drug-likeness (QED) is 0.440. The second kappa shape index (κ2) is 10.5. The third-order valence-corrected chi connectivity index (χ3v) is 3.16. The molecular weight excluding hydrogens is 295 g/mol. The van der Waals surface area contributed by atoms with E-state index in [-0.39, 0.29) is 6.61 Å². The van der Waals surface area contributed by atoms with E-state index in [1.54, 1.807) is 6.20 Å². The molecule has 0 fully saturated rings. The Kier molecular flexibility index (Phi) is 7.85. The minimum absolute atomic E-state index is 0.148. The van der Waals surface area contributed by atoms with E-state index in [2.05, 4.69) is 22.0 Å². The van der Waals surface area contributed by atoms with E-state index in [0.29, 0.717) is 19.6 Å². The zero-order chi connectivity index (χ0) is 16.2. The summed E-state index contributed by atoms with van der Waals surface area (Å²) >= 11 is 0. The van der Waals surface area contributed by atoms with Gasteiger partial charge in [-0.05, 0) is 43.4 Å². The van der Waals surface area contributed by atoms with Gasteiger partial charge in [-0.2, -0.15) is 0 Å². The highest BCUT2D eigenvalue weighted by Gasteiger charge is 2.07. The summed E-state index contributed by atoms with van der Waals surface area (Å²) in [6.07, 6.45) is 7.29. The number of oxime groups is 1. The van der Waals surface area contributed by atoms with Gasteiger partial charge < -0.3 is 9.57 Å². The Morgan fingerprint density at radius 1 is 1.17 bits per heavy atom. The number of rotatable bonds is 7. The fourth-order valence-corrected chi connectivity index (χ4v) is 2.07. The second-order valence-corrected chi connectivity index (χ2v) is 5.06. The van der Waals surface area contributed by atoms with Crippen molar-refractivity contribution >= 4 is 5.71 Å². The van der Waals surface area contributed by atoms with Gasteiger partial charge in [0.15, 0.2) is 0 Å². The molecule has 0 aromatic carbocycles. The smallest absolute Gasteiger partial charge is 0.119 e. The van der Waals surface area contributed by atoms with Crippen LogP contribution in [0.2, 0.25) is 0 Å². The standard InChI is InChI=1S/C18H21FN2O2/c19-10-14-22-12-4-13-23-21-18-7-3-5-16(15-18)8-9-17-6-1-2-11-20-17/h1-2,6,11,15H,3-5,7,10,12-14H2/b21-18+/i19+0. The fourth-order valence-electron chi connectivity index (χ4n) is 2.07. The van der Waals surface area contributed by atoms with E-state index in [1.165, 1.54) is 0 Å². The molecular formula is C18H21FN2O2. The molecule has 5 heteroatoms. The summed E-state index contributed by atoms with van der Waals surface area (Å²) in [6.45, 7) is 0.663. The van der Waals surface area contributed by atoms with E-state index >= 15 is 0 Å². The van der Waals surface area contributed by atoms with Gasteiger partial charge in [-0.1, -0.05) is 17.1 Å². The van der Waals surface area contributed by atoms with Crippen LogP contribution < -0.4 is 0 Å². The van der Waals surface area contributed by atoms with Crippen LogP contribution in [0.5, 0.6) is 0 Å². The Hall–Kier alpha value is -2.19. The van der Waals surface area contributed by atoms with Crippen LogP contribution >= 0.6 is 0 Å². The minimum atomic E-state index is -0.448. The lowest BCUT2D eigenvalue weighted by Gasteiger charge is -2.09. The molecule has 0 spiro atoms. The van der Waals surface area contributed by atoms with Crippen LogP contribution in [0.1, 0.15) is 31.4 Å². The van der Waals surface area contributed by atoms with E-state index in [4.69, 9.17) is 9.57 Å². The molecule has 0 bridgehead atoms. The van der Waals surface area contributed by atoms with Crippen LogP contribution in [0.15, 0.2) is 41.2 Å². The molecule has 1 aliphatic rings. The van der Waals surface area contributed by atoms with Crippen molar-refractivity contribution in [2.75, 3.05) is 26.5 Å². The zero-order valence-electron chi connectivity index (χ0n) is 13.1. The highest BCUT2D eigenvalue weighted by atomic mass is 19.1. The predicted octanol–water partition coefficient (Wildman–Crippen LogP) is 3.29. The van der Waals surface area contributed by atoms with Crippen molar-refractivity contribution in [2.45, 2.75) is 25.7 Å². The summed E-state index contributed by atoms with van der Waals surface area (Å²) < 4.78 is 16.8. The molecule has 1 aliphatic carbocycles. The Balaban J connectivity index is 1.79. The Labute approximate surface area is 136 Å². The minimum Gasteiger partial charge on any atom is -0.396 e. The summed E-state index contributed by atoms with van der Waals surface area (Å²) in [5.74, 6) is 6.21. The molecule has 0 radical (unpaired) electrons. The van der Waals surface area contributed by atoms with Crippen LogP contribution in [-0.2, 0) is 9.57 Å². The van der Waals surface area contributed by atoms with E-state index in [9.17, 15) is 4.39 Å². The zero-order valence-corrected chi connectivity index (χ0v) is 13.1. The lowest BCUT2D eigenvalue weighted by molar-refractivity contribution is 0.0794. The molecule has 1 heterocycles. The number of nitrogens with zero attached hydrogens (tertiary/aromatic N) is 2. The number of aromatic nitrogens is 1. The first kappa shape index (κ1) is 17.2. The third kappa shape index (κ3) is 7.07.